The van der Waals surface area contributed by atoms with Crippen LogP contribution < -0.4 is 5.32 Å². The van der Waals surface area contributed by atoms with E-state index >= 15 is 0 Å². The highest BCUT2D eigenvalue weighted by Gasteiger charge is 2.51. The second-order valence-electron chi connectivity index (χ2n) is 5.03. The summed E-state index contributed by atoms with van der Waals surface area (Å²) in [5, 5.41) is 3.48. The van der Waals surface area contributed by atoms with Crippen molar-refractivity contribution in [2.75, 3.05) is 13.1 Å². The molecule has 1 N–H and O–H groups in total. The highest BCUT2D eigenvalue weighted by Crippen LogP contribution is 2.55. The predicted molar refractivity (Wildman–Crippen MR) is 60.9 cm³/mol. The molecule has 1 atom stereocenters. The van der Waals surface area contributed by atoms with E-state index in [-0.39, 0.29) is 0 Å². The normalized spacial score (nSPS) is 27.9. The number of hydrogen-bond acceptors (Lipinski definition) is 2. The molecule has 2 heteroatoms. The third kappa shape index (κ3) is 1.48. The van der Waals surface area contributed by atoms with Crippen LogP contribution in [0.5, 0.6) is 0 Å². The van der Waals surface area contributed by atoms with Crippen LogP contribution in [-0.4, -0.2) is 18.1 Å². The van der Waals surface area contributed by atoms with Crippen LogP contribution in [0.25, 0.3) is 0 Å². The monoisotopic (exact) mass is 202 g/mol. The fraction of sp³-hybridized carbons (Fsp3) is 0.615. The molecular formula is C13H18N2. The number of rotatable bonds is 2. The van der Waals surface area contributed by atoms with Gasteiger partial charge in [0.2, 0.25) is 0 Å². The lowest BCUT2D eigenvalue weighted by Gasteiger charge is -2.22. The summed E-state index contributed by atoms with van der Waals surface area (Å²) in [5.74, 6) is 0.849. The van der Waals surface area contributed by atoms with Crippen molar-refractivity contribution in [3.8, 4) is 0 Å². The van der Waals surface area contributed by atoms with Gasteiger partial charge in [-0.15, -0.1) is 0 Å². The van der Waals surface area contributed by atoms with Crippen molar-refractivity contribution in [1.29, 1.82) is 0 Å². The van der Waals surface area contributed by atoms with E-state index in [1.165, 1.54) is 37.9 Å². The van der Waals surface area contributed by atoms with Gasteiger partial charge < -0.3 is 5.32 Å². The Balaban J connectivity index is 1.89. The Bertz CT molecular complexity index is 345. The van der Waals surface area contributed by atoms with Crippen LogP contribution in [0, 0.1) is 12.8 Å². The topological polar surface area (TPSA) is 24.9 Å². The summed E-state index contributed by atoms with van der Waals surface area (Å²) in [5.41, 5.74) is 3.09. The van der Waals surface area contributed by atoms with Gasteiger partial charge in [0.05, 0.1) is 0 Å². The van der Waals surface area contributed by atoms with Crippen molar-refractivity contribution in [2.45, 2.75) is 31.6 Å². The molecule has 15 heavy (non-hydrogen) atoms. The van der Waals surface area contributed by atoms with E-state index < -0.39 is 0 Å². The van der Waals surface area contributed by atoms with E-state index in [1.807, 2.05) is 0 Å². The number of aryl methyl sites for hydroxylation is 1. The molecule has 0 bridgehead atoms. The average Bonchev–Trinajstić information content (AvgIpc) is 2.88. The molecule has 0 radical (unpaired) electrons. The first-order valence-electron chi connectivity index (χ1n) is 5.95. The number of aromatic nitrogens is 1. The molecule has 0 aromatic carbocycles. The fourth-order valence-corrected chi connectivity index (χ4v) is 2.96. The van der Waals surface area contributed by atoms with Gasteiger partial charge in [-0.2, -0.15) is 0 Å². The molecule has 1 saturated heterocycles. The second kappa shape index (κ2) is 3.31. The fourth-order valence-electron chi connectivity index (χ4n) is 2.96. The summed E-state index contributed by atoms with van der Waals surface area (Å²) in [6.07, 6.45) is 6.17. The lowest BCUT2D eigenvalue weighted by molar-refractivity contribution is 0.438. The van der Waals surface area contributed by atoms with Crippen molar-refractivity contribution >= 4 is 0 Å². The molecule has 80 valence electrons. The van der Waals surface area contributed by atoms with E-state index in [0.29, 0.717) is 5.41 Å². The van der Waals surface area contributed by atoms with Crippen LogP contribution in [0.15, 0.2) is 18.3 Å². The zero-order valence-corrected chi connectivity index (χ0v) is 9.29. The van der Waals surface area contributed by atoms with E-state index in [9.17, 15) is 0 Å². The Morgan fingerprint density at radius 2 is 2.27 bits per heavy atom. The SMILES string of the molecule is Cc1ccc(C2(C3CCNC3)CC2)cn1. The second-order valence-corrected chi connectivity index (χ2v) is 5.03. The van der Waals surface area contributed by atoms with E-state index in [2.05, 4.69) is 35.6 Å². The summed E-state index contributed by atoms with van der Waals surface area (Å²) in [6, 6.07) is 4.44. The van der Waals surface area contributed by atoms with Gasteiger partial charge in [-0.3, -0.25) is 4.98 Å². The molecule has 1 aromatic heterocycles. The maximum absolute atomic E-state index is 4.44. The van der Waals surface area contributed by atoms with Gasteiger partial charge in [-0.1, -0.05) is 6.07 Å². The van der Waals surface area contributed by atoms with Crippen LogP contribution in [-0.2, 0) is 5.41 Å². The summed E-state index contributed by atoms with van der Waals surface area (Å²) in [7, 11) is 0. The molecule has 1 aromatic rings. The summed E-state index contributed by atoms with van der Waals surface area (Å²) < 4.78 is 0. The first-order valence-corrected chi connectivity index (χ1v) is 5.95. The first-order chi connectivity index (χ1) is 7.31. The van der Waals surface area contributed by atoms with Gasteiger partial charge in [-0.05, 0) is 56.8 Å². The Kier molecular flexibility index (Phi) is 2.06. The highest BCUT2D eigenvalue weighted by molar-refractivity contribution is 5.31. The highest BCUT2D eigenvalue weighted by atomic mass is 14.9. The Labute approximate surface area is 91.1 Å². The number of nitrogens with one attached hydrogen (secondary N) is 1. The van der Waals surface area contributed by atoms with Gasteiger partial charge in [0.1, 0.15) is 0 Å². The van der Waals surface area contributed by atoms with Crippen molar-refractivity contribution < 1.29 is 0 Å². The molecule has 2 nitrogen and oxygen atoms in total. The Hall–Kier alpha value is -0.890. The van der Waals surface area contributed by atoms with Crippen molar-refractivity contribution in [3.05, 3.63) is 29.6 Å². The lowest BCUT2D eigenvalue weighted by Crippen LogP contribution is -2.23. The largest absolute Gasteiger partial charge is 0.316 e. The molecular weight excluding hydrogens is 184 g/mol. The molecule has 1 aliphatic heterocycles. The molecule has 3 rings (SSSR count). The molecule has 2 heterocycles. The van der Waals surface area contributed by atoms with Crippen LogP contribution in [0.3, 0.4) is 0 Å². The summed E-state index contributed by atoms with van der Waals surface area (Å²) in [6.45, 7) is 4.46. The summed E-state index contributed by atoms with van der Waals surface area (Å²) in [4.78, 5) is 4.44. The van der Waals surface area contributed by atoms with Crippen LogP contribution >= 0.6 is 0 Å². The van der Waals surface area contributed by atoms with Crippen LogP contribution in [0.4, 0.5) is 0 Å². The Morgan fingerprint density at radius 3 is 2.80 bits per heavy atom. The van der Waals surface area contributed by atoms with Gasteiger partial charge in [-0.25, -0.2) is 0 Å². The minimum Gasteiger partial charge on any atom is -0.316 e. The molecule has 2 fully saturated rings. The van der Waals surface area contributed by atoms with Gasteiger partial charge in [0, 0.05) is 17.3 Å². The number of pyridine rings is 1. The predicted octanol–water partition coefficient (Wildman–Crippen LogP) is 2.03. The van der Waals surface area contributed by atoms with E-state index in [0.717, 1.165) is 11.6 Å². The zero-order chi connectivity index (χ0) is 10.3. The maximum atomic E-state index is 4.44. The van der Waals surface area contributed by atoms with Crippen molar-refractivity contribution in [3.63, 3.8) is 0 Å². The third-order valence-electron chi connectivity index (χ3n) is 4.12. The number of nitrogens with zero attached hydrogens (tertiary/aromatic N) is 1. The van der Waals surface area contributed by atoms with Crippen molar-refractivity contribution in [2.24, 2.45) is 5.92 Å². The zero-order valence-electron chi connectivity index (χ0n) is 9.29. The van der Waals surface area contributed by atoms with Crippen LogP contribution in [0.2, 0.25) is 0 Å². The molecule has 0 spiro atoms. The lowest BCUT2D eigenvalue weighted by atomic mass is 9.83. The van der Waals surface area contributed by atoms with E-state index in [1.54, 1.807) is 0 Å². The van der Waals surface area contributed by atoms with Gasteiger partial charge >= 0.3 is 0 Å². The van der Waals surface area contributed by atoms with Gasteiger partial charge in [0.25, 0.3) is 0 Å². The molecule has 1 saturated carbocycles. The maximum Gasteiger partial charge on any atom is 0.0372 e. The van der Waals surface area contributed by atoms with Gasteiger partial charge in [0.15, 0.2) is 0 Å². The quantitative estimate of drug-likeness (QED) is 0.793. The smallest absolute Gasteiger partial charge is 0.0372 e. The molecule has 1 unspecified atom stereocenters. The molecule has 0 amide bonds. The van der Waals surface area contributed by atoms with Crippen molar-refractivity contribution in [1.82, 2.24) is 10.3 Å². The minimum atomic E-state index is 0.490. The van der Waals surface area contributed by atoms with E-state index in [4.69, 9.17) is 0 Å². The van der Waals surface area contributed by atoms with Crippen LogP contribution in [0.1, 0.15) is 30.5 Å². The Morgan fingerprint density at radius 1 is 1.40 bits per heavy atom. The first kappa shape index (κ1) is 9.34. The number of hydrogen-bond donors (Lipinski definition) is 1. The minimum absolute atomic E-state index is 0.490. The molecule has 1 aliphatic carbocycles. The summed E-state index contributed by atoms with van der Waals surface area (Å²) >= 11 is 0. The molecule has 2 aliphatic rings. The standard InChI is InChI=1S/C13H18N2/c1-10-2-3-11(9-15-10)13(5-6-13)12-4-7-14-8-12/h2-3,9,12,14H,4-8H2,1H3. The third-order valence-corrected chi connectivity index (χ3v) is 4.12. The average molecular weight is 202 g/mol.